The Labute approximate surface area is 183 Å². The van der Waals surface area contributed by atoms with Gasteiger partial charge in [-0.3, -0.25) is 14.7 Å². The number of benzene rings is 1. The van der Waals surface area contributed by atoms with Crippen molar-refractivity contribution in [1.29, 1.82) is 0 Å². The number of likely N-dealkylation sites (tertiary alicyclic amines) is 1. The van der Waals surface area contributed by atoms with Gasteiger partial charge in [-0.15, -0.1) is 5.10 Å². The third kappa shape index (κ3) is 4.58. The normalized spacial score (nSPS) is 13.4. The third-order valence-electron chi connectivity index (χ3n) is 5.09. The maximum Gasteiger partial charge on any atom is 0.270 e. The van der Waals surface area contributed by atoms with Crippen LogP contribution in [0.2, 0.25) is 0 Å². The highest BCUT2D eigenvalue weighted by Crippen LogP contribution is 2.32. The molecule has 31 heavy (non-hydrogen) atoms. The first kappa shape index (κ1) is 21.0. The number of rotatable bonds is 8. The summed E-state index contributed by atoms with van der Waals surface area (Å²) in [6.07, 6.45) is 3.63. The molecular weight excluding hydrogens is 418 g/mol. The molecule has 1 saturated heterocycles. The van der Waals surface area contributed by atoms with Crippen LogP contribution in [0.3, 0.4) is 0 Å². The first-order valence-corrected chi connectivity index (χ1v) is 10.9. The summed E-state index contributed by atoms with van der Waals surface area (Å²) in [7, 11) is 3.16. The van der Waals surface area contributed by atoms with Gasteiger partial charge in [-0.25, -0.2) is 4.98 Å². The van der Waals surface area contributed by atoms with Gasteiger partial charge in [-0.1, -0.05) is 11.8 Å². The first-order valence-electron chi connectivity index (χ1n) is 9.87. The molecule has 3 heterocycles. The molecule has 0 aliphatic carbocycles. The van der Waals surface area contributed by atoms with Crippen LogP contribution in [-0.2, 0) is 0 Å². The lowest BCUT2D eigenvalue weighted by atomic mass is 10.2. The third-order valence-corrected chi connectivity index (χ3v) is 5.94. The van der Waals surface area contributed by atoms with Crippen LogP contribution in [0.5, 0.6) is 11.5 Å². The number of amides is 1. The summed E-state index contributed by atoms with van der Waals surface area (Å²) >= 11 is 1.23. The molecule has 0 bridgehead atoms. The number of carbonyl (C=O) groups excluding carboxylic acids is 2. The van der Waals surface area contributed by atoms with Gasteiger partial charge in [0.05, 0.1) is 25.5 Å². The number of aromatic nitrogens is 4. The van der Waals surface area contributed by atoms with Gasteiger partial charge in [0.2, 0.25) is 5.16 Å². The summed E-state index contributed by atoms with van der Waals surface area (Å²) < 4.78 is 10.6. The Balaban J connectivity index is 1.39. The molecule has 0 unspecified atom stereocenters. The molecule has 2 N–H and O–H groups in total. The van der Waals surface area contributed by atoms with Crippen LogP contribution in [0.1, 0.15) is 33.7 Å². The molecule has 1 aliphatic heterocycles. The second kappa shape index (κ2) is 9.25. The Morgan fingerprint density at radius 3 is 2.71 bits per heavy atom. The van der Waals surface area contributed by atoms with Crippen molar-refractivity contribution >= 4 is 23.5 Å². The van der Waals surface area contributed by atoms with Gasteiger partial charge in [0.1, 0.15) is 17.2 Å². The first-order chi connectivity index (χ1) is 15.1. The number of nitrogens with one attached hydrogen (secondary N) is 2. The Morgan fingerprint density at radius 2 is 1.97 bits per heavy atom. The van der Waals surface area contributed by atoms with Crippen LogP contribution in [-0.4, -0.2) is 69.8 Å². The summed E-state index contributed by atoms with van der Waals surface area (Å²) in [5.74, 6) is 1.81. The average molecular weight is 442 g/mol. The van der Waals surface area contributed by atoms with Gasteiger partial charge in [-0.05, 0) is 31.0 Å². The smallest absolute Gasteiger partial charge is 0.270 e. The number of carbonyl (C=O) groups is 2. The molecule has 1 amide bonds. The topological polar surface area (TPSA) is 113 Å². The molecule has 4 rings (SSSR count). The van der Waals surface area contributed by atoms with Gasteiger partial charge < -0.3 is 19.4 Å². The number of hydrogen-bond donors (Lipinski definition) is 2. The van der Waals surface area contributed by atoms with E-state index in [-0.39, 0.29) is 17.4 Å². The number of nitrogens with zero attached hydrogens (tertiary/aromatic N) is 3. The van der Waals surface area contributed by atoms with E-state index in [1.165, 1.54) is 11.8 Å². The second-order valence-electron chi connectivity index (χ2n) is 7.05. The number of H-pyrrole nitrogens is 2. The lowest BCUT2D eigenvalue weighted by Crippen LogP contribution is -2.27. The summed E-state index contributed by atoms with van der Waals surface area (Å²) in [5.41, 5.74) is 1.66. The fourth-order valence-corrected chi connectivity index (χ4v) is 4.10. The molecule has 2 aromatic heterocycles. The predicted molar refractivity (Wildman–Crippen MR) is 116 cm³/mol. The van der Waals surface area contributed by atoms with Crippen LogP contribution >= 0.6 is 11.8 Å². The molecule has 0 radical (unpaired) electrons. The summed E-state index contributed by atoms with van der Waals surface area (Å²) in [6.45, 7) is 1.53. The minimum atomic E-state index is -0.102. The van der Waals surface area contributed by atoms with Gasteiger partial charge >= 0.3 is 0 Å². The Hall–Kier alpha value is -3.27. The van der Waals surface area contributed by atoms with Crippen molar-refractivity contribution in [3.8, 4) is 22.9 Å². The van der Waals surface area contributed by atoms with E-state index in [1.54, 1.807) is 37.4 Å². The fourth-order valence-electron chi connectivity index (χ4n) is 3.41. The SMILES string of the molecule is COc1ccc(-c2nc(SCC(=O)c3c[nH]c(C(=O)N4CCCC4)c3)n[nH]2)c(OC)c1. The number of ether oxygens (including phenoxy) is 2. The molecular formula is C21H23N5O4S. The van der Waals surface area contributed by atoms with Crippen LogP contribution < -0.4 is 9.47 Å². The number of Topliss-reactive ketones (excluding diaryl/α,β-unsaturated/α-hetero) is 1. The van der Waals surface area contributed by atoms with Crippen LogP contribution in [0.15, 0.2) is 35.6 Å². The number of hydrogen-bond acceptors (Lipinski definition) is 7. The van der Waals surface area contributed by atoms with Crippen LogP contribution in [0.25, 0.3) is 11.4 Å². The van der Waals surface area contributed by atoms with E-state index >= 15 is 0 Å². The zero-order valence-electron chi connectivity index (χ0n) is 17.3. The van der Waals surface area contributed by atoms with E-state index in [1.807, 2.05) is 12.1 Å². The van der Waals surface area contributed by atoms with Gasteiger partial charge in [0.15, 0.2) is 11.6 Å². The molecule has 1 aromatic carbocycles. The Bertz CT molecular complexity index is 1090. The van der Waals surface area contributed by atoms with E-state index in [0.717, 1.165) is 31.5 Å². The van der Waals surface area contributed by atoms with Crippen molar-refractivity contribution in [2.24, 2.45) is 0 Å². The number of ketones is 1. The summed E-state index contributed by atoms with van der Waals surface area (Å²) in [5, 5.41) is 7.51. The highest BCUT2D eigenvalue weighted by Gasteiger charge is 2.22. The van der Waals surface area contributed by atoms with Crippen molar-refractivity contribution in [3.63, 3.8) is 0 Å². The number of aromatic amines is 2. The molecule has 0 saturated carbocycles. The quantitative estimate of drug-likeness (QED) is 0.408. The van der Waals surface area contributed by atoms with E-state index < -0.39 is 0 Å². The fraction of sp³-hybridized carbons (Fsp3) is 0.333. The average Bonchev–Trinajstić information content (AvgIpc) is 3.57. The standard InChI is InChI=1S/C21H23N5O4S/c1-29-14-5-6-15(18(10-14)30-2)19-23-21(25-24-19)31-12-17(27)13-9-16(22-11-13)20(28)26-7-3-4-8-26/h5-6,9-11,22H,3-4,7-8,12H2,1-2H3,(H,23,24,25). The van der Waals surface area contributed by atoms with Crippen molar-refractivity contribution in [3.05, 3.63) is 41.7 Å². The Kier molecular flexibility index (Phi) is 6.26. The molecule has 1 fully saturated rings. The molecule has 0 spiro atoms. The maximum absolute atomic E-state index is 12.6. The zero-order valence-corrected chi connectivity index (χ0v) is 18.1. The van der Waals surface area contributed by atoms with Gasteiger partial charge in [0, 0.05) is 30.9 Å². The summed E-state index contributed by atoms with van der Waals surface area (Å²) in [4.78, 5) is 34.2. The Morgan fingerprint density at radius 1 is 1.16 bits per heavy atom. The molecule has 10 heteroatoms. The minimum Gasteiger partial charge on any atom is -0.497 e. The number of methoxy groups -OCH3 is 2. The van der Waals surface area contributed by atoms with Crippen molar-refractivity contribution < 1.29 is 19.1 Å². The van der Waals surface area contributed by atoms with Gasteiger partial charge in [-0.2, -0.15) is 0 Å². The zero-order chi connectivity index (χ0) is 21.8. The lowest BCUT2D eigenvalue weighted by Gasteiger charge is -2.13. The maximum atomic E-state index is 12.6. The predicted octanol–water partition coefficient (Wildman–Crippen LogP) is 3.03. The van der Waals surface area contributed by atoms with Crippen molar-refractivity contribution in [2.75, 3.05) is 33.1 Å². The molecule has 9 nitrogen and oxygen atoms in total. The monoisotopic (exact) mass is 441 g/mol. The minimum absolute atomic E-state index is 0.0590. The molecule has 162 valence electrons. The van der Waals surface area contributed by atoms with E-state index in [2.05, 4.69) is 20.2 Å². The lowest BCUT2D eigenvalue weighted by molar-refractivity contribution is 0.0787. The molecule has 3 aromatic rings. The van der Waals surface area contributed by atoms with E-state index in [0.29, 0.717) is 33.7 Å². The van der Waals surface area contributed by atoms with Crippen molar-refractivity contribution in [2.45, 2.75) is 18.0 Å². The van der Waals surface area contributed by atoms with E-state index in [4.69, 9.17) is 9.47 Å². The van der Waals surface area contributed by atoms with Crippen LogP contribution in [0.4, 0.5) is 0 Å². The largest absolute Gasteiger partial charge is 0.497 e. The molecule has 1 aliphatic rings. The molecule has 0 atom stereocenters. The highest BCUT2D eigenvalue weighted by molar-refractivity contribution is 7.99. The van der Waals surface area contributed by atoms with Gasteiger partial charge in [0.25, 0.3) is 5.91 Å². The highest BCUT2D eigenvalue weighted by atomic mass is 32.2. The number of thioether (sulfide) groups is 1. The second-order valence-corrected chi connectivity index (χ2v) is 7.99. The van der Waals surface area contributed by atoms with E-state index in [9.17, 15) is 9.59 Å². The van der Waals surface area contributed by atoms with Crippen LogP contribution in [0, 0.1) is 0 Å². The summed E-state index contributed by atoms with van der Waals surface area (Å²) in [6, 6.07) is 7.02. The van der Waals surface area contributed by atoms with Crippen molar-refractivity contribution in [1.82, 2.24) is 25.1 Å².